The van der Waals surface area contributed by atoms with Crippen LogP contribution in [0.5, 0.6) is 0 Å². The van der Waals surface area contributed by atoms with Crippen molar-refractivity contribution in [2.75, 3.05) is 0 Å². The lowest BCUT2D eigenvalue weighted by atomic mass is 9.95. The van der Waals surface area contributed by atoms with Gasteiger partial charge in [-0.2, -0.15) is 0 Å². The fourth-order valence-electron chi connectivity index (χ4n) is 3.66. The zero-order valence-electron chi connectivity index (χ0n) is 16.8. The minimum atomic E-state index is -0.871. The Morgan fingerprint density at radius 2 is 0.542 bits per heavy atom. The van der Waals surface area contributed by atoms with E-state index >= 15 is 0 Å². The summed E-state index contributed by atoms with van der Waals surface area (Å²) in [4.78, 5) is 0. The molecule has 2 rings (SSSR count). The molecule has 0 N–H and O–H groups in total. The van der Waals surface area contributed by atoms with E-state index in [1.54, 1.807) is 0 Å². The van der Waals surface area contributed by atoms with E-state index in [1.807, 2.05) is 0 Å². The van der Waals surface area contributed by atoms with Gasteiger partial charge in [0.15, 0.2) is 0 Å². The lowest BCUT2D eigenvalue weighted by Gasteiger charge is -2.26. The predicted molar refractivity (Wildman–Crippen MR) is 112 cm³/mol. The first-order chi connectivity index (χ1) is 11.0. The summed E-state index contributed by atoms with van der Waals surface area (Å²) >= 11 is 7.21. The van der Waals surface area contributed by atoms with Gasteiger partial charge in [0.25, 0.3) is 0 Å². The molecule has 0 saturated heterocycles. The quantitative estimate of drug-likeness (QED) is 0.547. The Labute approximate surface area is 154 Å². The third-order valence-electron chi connectivity index (χ3n) is 6.31. The van der Waals surface area contributed by atoms with Crippen LogP contribution in [0, 0.1) is 69.2 Å². The van der Waals surface area contributed by atoms with E-state index < -0.39 is 7.27 Å². The highest BCUT2D eigenvalue weighted by Gasteiger charge is 2.25. The maximum absolute atomic E-state index is 7.21. The monoisotopic (exact) mass is 360 g/mol. The first-order valence-corrected chi connectivity index (χ1v) is 10.9. The average molecular weight is 361 g/mol. The molecule has 0 unspecified atom stereocenters. The summed E-state index contributed by atoms with van der Waals surface area (Å²) in [5.74, 6) is 0. The number of hydrogen-bond acceptors (Lipinski definition) is 0. The van der Waals surface area contributed by atoms with Gasteiger partial charge in [-0.15, -0.1) is 0 Å². The van der Waals surface area contributed by atoms with Crippen molar-refractivity contribution in [3.8, 4) is 0 Å². The second kappa shape index (κ2) is 6.81. The topological polar surface area (TPSA) is 0 Å². The summed E-state index contributed by atoms with van der Waals surface area (Å²) < 4.78 is 0. The third-order valence-corrected chi connectivity index (χ3v) is 9.45. The second-order valence-corrected chi connectivity index (χ2v) is 9.70. The highest BCUT2D eigenvalue weighted by atomic mass is 35.7. The molecule has 0 aliphatic heterocycles. The number of halogens is 1. The predicted octanol–water partition coefficient (Wildman–Crippen LogP) is 6.36. The van der Waals surface area contributed by atoms with Crippen LogP contribution in [0.2, 0.25) is 0 Å². The molecular weight excluding hydrogens is 331 g/mol. The van der Waals surface area contributed by atoms with Crippen LogP contribution in [0.15, 0.2) is 0 Å². The van der Waals surface area contributed by atoms with Crippen LogP contribution in [0.4, 0.5) is 0 Å². The van der Waals surface area contributed by atoms with Crippen molar-refractivity contribution in [3.05, 3.63) is 55.6 Å². The fourth-order valence-corrected chi connectivity index (χ4v) is 7.25. The zero-order valence-corrected chi connectivity index (χ0v) is 18.5. The molecule has 2 aromatic rings. The van der Waals surface area contributed by atoms with Crippen LogP contribution < -0.4 is 10.6 Å². The molecular formula is C22H30ClP. The van der Waals surface area contributed by atoms with Gasteiger partial charge in [-0.3, -0.25) is 0 Å². The maximum atomic E-state index is 7.21. The Morgan fingerprint density at radius 1 is 0.375 bits per heavy atom. The van der Waals surface area contributed by atoms with Crippen molar-refractivity contribution in [1.29, 1.82) is 0 Å². The van der Waals surface area contributed by atoms with E-state index in [-0.39, 0.29) is 0 Å². The van der Waals surface area contributed by atoms with Crippen LogP contribution in [0.3, 0.4) is 0 Å². The molecule has 130 valence electrons. The minimum Gasteiger partial charge on any atom is -0.0858 e. The molecule has 24 heavy (non-hydrogen) atoms. The summed E-state index contributed by atoms with van der Waals surface area (Å²) in [5, 5.41) is 2.72. The Balaban J connectivity index is 2.84. The summed E-state index contributed by atoms with van der Waals surface area (Å²) in [5.41, 5.74) is 13.8. The molecule has 0 bridgehead atoms. The van der Waals surface area contributed by atoms with Gasteiger partial charge in [-0.05, 0) is 125 Å². The molecule has 0 aliphatic carbocycles. The molecule has 0 aromatic heterocycles. The molecule has 2 heteroatoms. The Bertz CT molecular complexity index is 703. The largest absolute Gasteiger partial charge is 0.0858 e. The molecule has 0 amide bonds. The van der Waals surface area contributed by atoms with E-state index in [4.69, 9.17) is 11.2 Å². The van der Waals surface area contributed by atoms with Crippen LogP contribution in [-0.4, -0.2) is 0 Å². The van der Waals surface area contributed by atoms with Gasteiger partial charge >= 0.3 is 0 Å². The number of hydrogen-bond donors (Lipinski definition) is 0. The Kier molecular flexibility index (Phi) is 5.53. The van der Waals surface area contributed by atoms with Crippen LogP contribution in [0.1, 0.15) is 55.6 Å². The van der Waals surface area contributed by atoms with Gasteiger partial charge in [0, 0.05) is 10.6 Å². The number of rotatable bonds is 2. The molecule has 0 atom stereocenters. The highest BCUT2D eigenvalue weighted by molar-refractivity contribution is 7.96. The van der Waals surface area contributed by atoms with Gasteiger partial charge in [-0.25, -0.2) is 0 Å². The SMILES string of the molecule is Cc1c(C)c(C)c(P(Cl)c2c(C)c(C)c(C)c(C)c2C)c(C)c1C. The molecule has 2 aromatic carbocycles. The van der Waals surface area contributed by atoms with Gasteiger partial charge < -0.3 is 0 Å². The zero-order chi connectivity index (χ0) is 18.5. The first-order valence-electron chi connectivity index (χ1n) is 8.62. The van der Waals surface area contributed by atoms with E-state index in [9.17, 15) is 0 Å². The van der Waals surface area contributed by atoms with Crippen molar-refractivity contribution < 1.29 is 0 Å². The molecule has 0 fully saturated rings. The fraction of sp³-hybridized carbons (Fsp3) is 0.455. The molecule has 0 nitrogen and oxygen atoms in total. The summed E-state index contributed by atoms with van der Waals surface area (Å²) in [6, 6.07) is 0. The minimum absolute atomic E-state index is 0.871. The summed E-state index contributed by atoms with van der Waals surface area (Å²) in [6.07, 6.45) is 0. The standard InChI is InChI=1S/C22H30ClP/c1-11-13(3)17(7)21(18(8)14(11)4)24(23)22-19(9)15(5)12(2)16(6)20(22)10/h1-10H3. The van der Waals surface area contributed by atoms with Crippen LogP contribution in [0.25, 0.3) is 0 Å². The number of benzene rings is 2. The molecule has 0 aliphatic rings. The van der Waals surface area contributed by atoms with Crippen LogP contribution in [-0.2, 0) is 0 Å². The van der Waals surface area contributed by atoms with E-state index in [1.165, 1.54) is 66.2 Å². The molecule has 0 saturated carbocycles. The lowest BCUT2D eigenvalue weighted by Crippen LogP contribution is -2.23. The smallest absolute Gasteiger partial charge is 0.0535 e. The molecule has 0 spiro atoms. The summed E-state index contributed by atoms with van der Waals surface area (Å²) in [6.45, 7) is 22.3. The van der Waals surface area contributed by atoms with E-state index in [0.29, 0.717) is 0 Å². The van der Waals surface area contributed by atoms with Gasteiger partial charge in [0.05, 0.1) is 7.27 Å². The van der Waals surface area contributed by atoms with Gasteiger partial charge in [0.2, 0.25) is 0 Å². The van der Waals surface area contributed by atoms with E-state index in [0.717, 1.165) is 0 Å². The molecule has 0 heterocycles. The average Bonchev–Trinajstić information content (AvgIpc) is 2.55. The maximum Gasteiger partial charge on any atom is 0.0535 e. The van der Waals surface area contributed by atoms with Crippen molar-refractivity contribution >= 4 is 29.1 Å². The second-order valence-electron chi connectivity index (χ2n) is 7.23. The van der Waals surface area contributed by atoms with Gasteiger partial charge in [-0.1, -0.05) is 11.2 Å². The van der Waals surface area contributed by atoms with E-state index in [2.05, 4.69) is 69.2 Å². The molecule has 0 radical (unpaired) electrons. The van der Waals surface area contributed by atoms with Crippen molar-refractivity contribution in [1.82, 2.24) is 0 Å². The van der Waals surface area contributed by atoms with Crippen molar-refractivity contribution in [2.45, 2.75) is 69.2 Å². The lowest BCUT2D eigenvalue weighted by molar-refractivity contribution is 1.19. The Morgan fingerprint density at radius 3 is 0.750 bits per heavy atom. The normalized spacial score (nSPS) is 11.5. The van der Waals surface area contributed by atoms with Gasteiger partial charge in [0.1, 0.15) is 0 Å². The highest BCUT2D eigenvalue weighted by Crippen LogP contribution is 2.46. The van der Waals surface area contributed by atoms with Crippen molar-refractivity contribution in [2.24, 2.45) is 0 Å². The first kappa shape index (κ1) is 19.5. The van der Waals surface area contributed by atoms with Crippen LogP contribution >= 0.6 is 18.5 Å². The summed E-state index contributed by atoms with van der Waals surface area (Å²) in [7, 11) is -0.871. The third kappa shape index (κ3) is 2.83. The van der Waals surface area contributed by atoms with Crippen molar-refractivity contribution in [3.63, 3.8) is 0 Å². The Hall–Kier alpha value is -0.840.